The molecule has 3 aromatic rings. The van der Waals surface area contributed by atoms with Crippen LogP contribution in [0.4, 0.5) is 13.2 Å². The highest BCUT2D eigenvalue weighted by atomic mass is 19.3. The van der Waals surface area contributed by atoms with Crippen molar-refractivity contribution in [3.05, 3.63) is 35.8 Å². The number of halogens is 3. The van der Waals surface area contributed by atoms with Crippen LogP contribution in [0.1, 0.15) is 43.2 Å². The number of nitrogens with zero attached hydrogens (tertiary/aromatic N) is 3. The number of alkyl halides is 3. The van der Waals surface area contributed by atoms with E-state index in [1.165, 1.54) is 30.0 Å². The van der Waals surface area contributed by atoms with Gasteiger partial charge in [0.2, 0.25) is 0 Å². The van der Waals surface area contributed by atoms with Gasteiger partial charge in [-0.2, -0.15) is 13.9 Å². The second kappa shape index (κ2) is 9.49. The van der Waals surface area contributed by atoms with Crippen molar-refractivity contribution in [1.82, 2.24) is 19.9 Å². The Kier molecular flexibility index (Phi) is 6.74. The number of fused-ring (bicyclic) bond motifs is 1. The molecule has 4 rings (SSSR count). The zero-order valence-corrected chi connectivity index (χ0v) is 20.4. The second-order valence-electron chi connectivity index (χ2n) is 9.19. The van der Waals surface area contributed by atoms with Crippen molar-refractivity contribution in [2.75, 3.05) is 7.11 Å². The molecule has 3 atom stereocenters. The lowest BCUT2D eigenvalue weighted by atomic mass is 10.0. The summed E-state index contributed by atoms with van der Waals surface area (Å²) in [4.78, 5) is 17.3. The summed E-state index contributed by atoms with van der Waals surface area (Å²) in [5.41, 5.74) is 0.351. The molecular formula is C24H27F3N4O5. The van der Waals surface area contributed by atoms with Gasteiger partial charge in [-0.25, -0.2) is 13.9 Å². The lowest BCUT2D eigenvalue weighted by molar-refractivity contribution is -0.0502. The van der Waals surface area contributed by atoms with Crippen molar-refractivity contribution >= 4 is 11.6 Å². The number of nitrogens with one attached hydrogen (secondary N) is 1. The van der Waals surface area contributed by atoms with Crippen LogP contribution in [0.15, 0.2) is 24.5 Å². The Morgan fingerprint density at radius 3 is 2.50 bits per heavy atom. The van der Waals surface area contributed by atoms with Crippen LogP contribution in [0.2, 0.25) is 0 Å². The Labute approximate surface area is 205 Å². The van der Waals surface area contributed by atoms with Gasteiger partial charge in [-0.1, -0.05) is 0 Å². The zero-order chi connectivity index (χ0) is 26.4. The number of aliphatic hydroxyl groups is 1. The molecule has 1 aliphatic rings. The number of hydrogen-bond acceptors (Lipinski definition) is 7. The number of carbonyl (C=O) groups excluding carboxylic acids is 1. The molecule has 0 unspecified atom stereocenters. The minimum absolute atomic E-state index is 0.0354. The molecule has 0 radical (unpaired) electrons. The summed E-state index contributed by atoms with van der Waals surface area (Å²) in [7, 11) is 1.28. The molecular weight excluding hydrogens is 481 g/mol. The topological polar surface area (TPSA) is 107 Å². The van der Waals surface area contributed by atoms with E-state index in [9.17, 15) is 23.1 Å². The van der Waals surface area contributed by atoms with Crippen LogP contribution >= 0.6 is 0 Å². The quantitative estimate of drug-likeness (QED) is 0.454. The molecule has 1 amide bonds. The molecule has 2 heterocycles. The molecule has 36 heavy (non-hydrogen) atoms. The highest BCUT2D eigenvalue weighted by Crippen LogP contribution is 2.38. The Bertz CT molecular complexity index is 1290. The normalized spacial score (nSPS) is 18.3. The Morgan fingerprint density at radius 2 is 1.92 bits per heavy atom. The number of carbonyl (C=O) groups is 1. The van der Waals surface area contributed by atoms with Gasteiger partial charge in [-0.05, 0) is 45.4 Å². The second-order valence-corrected chi connectivity index (χ2v) is 9.19. The van der Waals surface area contributed by atoms with Gasteiger partial charge in [-0.3, -0.25) is 4.79 Å². The third-order valence-electron chi connectivity index (χ3n) is 6.01. The van der Waals surface area contributed by atoms with E-state index in [-0.39, 0.29) is 17.7 Å². The first-order chi connectivity index (χ1) is 16.9. The van der Waals surface area contributed by atoms with Gasteiger partial charge in [0.1, 0.15) is 29.3 Å². The van der Waals surface area contributed by atoms with Crippen molar-refractivity contribution in [1.29, 1.82) is 0 Å². The van der Waals surface area contributed by atoms with Crippen molar-refractivity contribution in [3.63, 3.8) is 0 Å². The van der Waals surface area contributed by atoms with Gasteiger partial charge in [0.25, 0.3) is 5.91 Å². The molecule has 0 spiro atoms. The monoisotopic (exact) mass is 508 g/mol. The third kappa shape index (κ3) is 5.18. The number of aromatic nitrogens is 3. The first kappa shape index (κ1) is 25.5. The minimum atomic E-state index is -3.21. The van der Waals surface area contributed by atoms with Crippen LogP contribution in [0.3, 0.4) is 0 Å². The maximum atomic E-state index is 13.3. The average molecular weight is 508 g/mol. The Morgan fingerprint density at radius 1 is 1.25 bits per heavy atom. The summed E-state index contributed by atoms with van der Waals surface area (Å²) in [6.45, 7) is 3.49. The van der Waals surface area contributed by atoms with Crippen molar-refractivity contribution in [2.24, 2.45) is 0 Å². The van der Waals surface area contributed by atoms with E-state index in [1.54, 1.807) is 33.9 Å². The number of aryl methyl sites for hydroxylation is 1. The van der Waals surface area contributed by atoms with E-state index in [2.05, 4.69) is 20.1 Å². The number of ether oxygens (including phenoxy) is 3. The zero-order valence-electron chi connectivity index (χ0n) is 20.4. The van der Waals surface area contributed by atoms with Crippen LogP contribution in [-0.4, -0.2) is 63.3 Å². The molecule has 0 bridgehead atoms. The summed E-state index contributed by atoms with van der Waals surface area (Å²) in [5.74, 6) is -0.838. The SMILES string of the molecule is COc1cc(-c2cnn3cc(O[C@H](C)C(C)(C)O)c(C)nc23)cc(OC(F)F)c1C(=O)N[C@@H]1C[C@@H]1F. The van der Waals surface area contributed by atoms with Gasteiger partial charge in [0.05, 0.1) is 36.8 Å². The van der Waals surface area contributed by atoms with Crippen LogP contribution in [0.5, 0.6) is 17.2 Å². The summed E-state index contributed by atoms with van der Waals surface area (Å²) in [6.07, 6.45) is 1.52. The predicted molar refractivity (Wildman–Crippen MR) is 123 cm³/mol. The molecule has 2 aromatic heterocycles. The minimum Gasteiger partial charge on any atom is -0.496 e. The summed E-state index contributed by atoms with van der Waals surface area (Å²) < 4.78 is 57.0. The molecule has 1 saturated carbocycles. The highest BCUT2D eigenvalue weighted by molar-refractivity contribution is 6.01. The molecule has 9 nitrogen and oxygen atoms in total. The van der Waals surface area contributed by atoms with E-state index >= 15 is 0 Å². The number of methoxy groups -OCH3 is 1. The maximum absolute atomic E-state index is 13.3. The molecule has 0 saturated heterocycles. The third-order valence-corrected chi connectivity index (χ3v) is 6.01. The standard InChI is InChI=1S/C24H27F3N4O5/c1-11-19(35-12(2)24(3,4)33)10-31-21(29-11)14(9-28-31)13-6-17(34-5)20(18(7-13)36-23(26)27)22(32)30-16-8-15(16)25/h6-7,9-10,12,15-16,23,33H,8H2,1-5H3,(H,30,32)/t12-,15+,16-/m1/s1. The highest BCUT2D eigenvalue weighted by Gasteiger charge is 2.40. The van der Waals surface area contributed by atoms with Crippen LogP contribution in [0.25, 0.3) is 16.8 Å². The molecule has 0 aliphatic heterocycles. The summed E-state index contributed by atoms with van der Waals surface area (Å²) in [6, 6.07) is 2.06. The predicted octanol–water partition coefficient (Wildman–Crippen LogP) is 3.69. The van der Waals surface area contributed by atoms with Crippen molar-refractivity contribution in [3.8, 4) is 28.4 Å². The van der Waals surface area contributed by atoms with E-state index in [1.807, 2.05) is 0 Å². The fourth-order valence-electron chi connectivity index (χ4n) is 3.51. The number of amides is 1. The summed E-state index contributed by atoms with van der Waals surface area (Å²) in [5, 5.41) is 16.9. The van der Waals surface area contributed by atoms with Crippen LogP contribution in [0, 0.1) is 6.92 Å². The molecule has 1 aromatic carbocycles. The van der Waals surface area contributed by atoms with Gasteiger partial charge in [0.15, 0.2) is 11.4 Å². The first-order valence-corrected chi connectivity index (χ1v) is 11.2. The molecule has 1 aliphatic carbocycles. The Hall–Kier alpha value is -3.54. The fraction of sp³-hybridized carbons (Fsp3) is 0.458. The lowest BCUT2D eigenvalue weighted by Crippen LogP contribution is -2.38. The molecule has 194 valence electrons. The molecule has 2 N–H and O–H groups in total. The van der Waals surface area contributed by atoms with E-state index < -0.39 is 42.2 Å². The van der Waals surface area contributed by atoms with Crippen LogP contribution < -0.4 is 19.5 Å². The van der Waals surface area contributed by atoms with Gasteiger partial charge < -0.3 is 24.6 Å². The molecule has 12 heteroatoms. The van der Waals surface area contributed by atoms with Gasteiger partial charge in [-0.15, -0.1) is 0 Å². The number of rotatable bonds is 9. The van der Waals surface area contributed by atoms with Crippen molar-refractivity contribution < 1.29 is 37.3 Å². The van der Waals surface area contributed by atoms with E-state index in [0.29, 0.717) is 28.2 Å². The number of hydrogen-bond donors (Lipinski definition) is 2. The smallest absolute Gasteiger partial charge is 0.387 e. The lowest BCUT2D eigenvalue weighted by Gasteiger charge is -2.27. The fourth-order valence-corrected chi connectivity index (χ4v) is 3.51. The van der Waals surface area contributed by atoms with Gasteiger partial charge in [0, 0.05) is 12.0 Å². The number of benzene rings is 1. The maximum Gasteiger partial charge on any atom is 0.387 e. The largest absolute Gasteiger partial charge is 0.496 e. The Balaban J connectivity index is 1.76. The summed E-state index contributed by atoms with van der Waals surface area (Å²) >= 11 is 0. The van der Waals surface area contributed by atoms with Crippen molar-refractivity contribution in [2.45, 2.75) is 64.6 Å². The molecule has 1 fully saturated rings. The first-order valence-electron chi connectivity index (χ1n) is 11.2. The average Bonchev–Trinajstić information content (AvgIpc) is 3.32. The van der Waals surface area contributed by atoms with Crippen LogP contribution in [-0.2, 0) is 0 Å². The van der Waals surface area contributed by atoms with Gasteiger partial charge >= 0.3 is 6.61 Å². The van der Waals surface area contributed by atoms with E-state index in [4.69, 9.17) is 9.47 Å². The van der Waals surface area contributed by atoms with E-state index in [0.717, 1.165) is 0 Å².